The molecule has 0 aromatic heterocycles. The Labute approximate surface area is 149 Å². The molecule has 2 aromatic rings. The van der Waals surface area contributed by atoms with Gasteiger partial charge in [0.05, 0.1) is 4.92 Å². The molecule has 0 atom stereocenters. The van der Waals surface area contributed by atoms with E-state index in [0.717, 1.165) is 11.1 Å². The van der Waals surface area contributed by atoms with Crippen LogP contribution < -0.4 is 10.1 Å². The van der Waals surface area contributed by atoms with E-state index in [0.29, 0.717) is 5.75 Å². The SMILES string of the molecule is Cc1cccc(OCC(=O)OCC(=O)Nc2cccc([N+](=O)[O-])c2)c1C. The van der Waals surface area contributed by atoms with E-state index < -0.39 is 23.4 Å². The van der Waals surface area contributed by atoms with E-state index in [1.165, 1.54) is 24.3 Å². The van der Waals surface area contributed by atoms with E-state index in [4.69, 9.17) is 9.47 Å². The Bertz CT molecular complexity index is 834. The molecular formula is C18H18N2O6. The molecule has 0 fully saturated rings. The minimum absolute atomic E-state index is 0.151. The Morgan fingerprint density at radius 3 is 2.58 bits per heavy atom. The average Bonchev–Trinajstić information content (AvgIpc) is 2.61. The van der Waals surface area contributed by atoms with Gasteiger partial charge in [-0.3, -0.25) is 14.9 Å². The Kier molecular flexibility index (Phi) is 6.26. The first-order valence-electron chi connectivity index (χ1n) is 7.76. The molecular weight excluding hydrogens is 340 g/mol. The molecule has 2 aromatic carbocycles. The summed E-state index contributed by atoms with van der Waals surface area (Å²) in [5.41, 5.74) is 2.05. The summed E-state index contributed by atoms with van der Waals surface area (Å²) in [5, 5.41) is 13.1. The van der Waals surface area contributed by atoms with Gasteiger partial charge in [0, 0.05) is 17.8 Å². The van der Waals surface area contributed by atoms with Crippen molar-refractivity contribution in [2.75, 3.05) is 18.5 Å². The van der Waals surface area contributed by atoms with Gasteiger partial charge in [-0.1, -0.05) is 18.2 Å². The molecule has 0 saturated carbocycles. The van der Waals surface area contributed by atoms with E-state index in [1.54, 1.807) is 6.07 Å². The fourth-order valence-electron chi connectivity index (χ4n) is 2.10. The van der Waals surface area contributed by atoms with Gasteiger partial charge in [0.2, 0.25) is 0 Å². The van der Waals surface area contributed by atoms with Crippen molar-refractivity contribution >= 4 is 23.3 Å². The monoisotopic (exact) mass is 358 g/mol. The van der Waals surface area contributed by atoms with Crippen LogP contribution in [0.25, 0.3) is 0 Å². The molecule has 8 heteroatoms. The van der Waals surface area contributed by atoms with E-state index >= 15 is 0 Å². The second kappa shape index (κ2) is 8.61. The van der Waals surface area contributed by atoms with Gasteiger partial charge in [-0.2, -0.15) is 0 Å². The van der Waals surface area contributed by atoms with E-state index in [1.807, 2.05) is 26.0 Å². The van der Waals surface area contributed by atoms with E-state index in [2.05, 4.69) is 5.32 Å². The standard InChI is InChI=1S/C18H18N2O6/c1-12-5-3-8-16(13(12)2)25-11-18(22)26-10-17(21)19-14-6-4-7-15(9-14)20(23)24/h3-9H,10-11H2,1-2H3,(H,19,21). The summed E-state index contributed by atoms with van der Waals surface area (Å²) in [6.45, 7) is 2.97. The van der Waals surface area contributed by atoms with Crippen molar-refractivity contribution in [3.8, 4) is 5.75 Å². The molecule has 1 amide bonds. The maximum atomic E-state index is 11.8. The van der Waals surface area contributed by atoms with Crippen LogP contribution in [0, 0.1) is 24.0 Å². The molecule has 0 aliphatic heterocycles. The molecule has 0 spiro atoms. The number of nitro groups is 1. The van der Waals surface area contributed by atoms with E-state index in [9.17, 15) is 19.7 Å². The number of amides is 1. The first kappa shape index (κ1) is 18.9. The molecule has 1 N–H and O–H groups in total. The fourth-order valence-corrected chi connectivity index (χ4v) is 2.10. The van der Waals surface area contributed by atoms with Crippen LogP contribution in [0.5, 0.6) is 5.75 Å². The number of carbonyl (C=O) groups excluding carboxylic acids is 2. The third-order valence-electron chi connectivity index (χ3n) is 3.61. The fraction of sp³-hybridized carbons (Fsp3) is 0.222. The summed E-state index contributed by atoms with van der Waals surface area (Å²) in [6.07, 6.45) is 0. The normalized spacial score (nSPS) is 10.1. The predicted octanol–water partition coefficient (Wildman–Crippen LogP) is 2.77. The highest BCUT2D eigenvalue weighted by molar-refractivity contribution is 5.93. The van der Waals surface area contributed by atoms with Crippen LogP contribution in [-0.4, -0.2) is 30.0 Å². The third kappa shape index (κ3) is 5.30. The number of nitrogens with zero attached hydrogens (tertiary/aromatic N) is 1. The lowest BCUT2D eigenvalue weighted by molar-refractivity contribution is -0.384. The van der Waals surface area contributed by atoms with Crippen LogP contribution in [0.4, 0.5) is 11.4 Å². The molecule has 0 radical (unpaired) electrons. The van der Waals surface area contributed by atoms with Crippen molar-refractivity contribution in [3.05, 3.63) is 63.7 Å². The van der Waals surface area contributed by atoms with Crippen LogP contribution in [0.15, 0.2) is 42.5 Å². The summed E-state index contributed by atoms with van der Waals surface area (Å²) in [4.78, 5) is 33.6. The highest BCUT2D eigenvalue weighted by atomic mass is 16.6. The molecule has 136 valence electrons. The predicted molar refractivity (Wildman–Crippen MR) is 94.1 cm³/mol. The van der Waals surface area contributed by atoms with Crippen LogP contribution in [0.1, 0.15) is 11.1 Å². The first-order valence-corrected chi connectivity index (χ1v) is 7.76. The second-order valence-electron chi connectivity index (χ2n) is 5.50. The highest BCUT2D eigenvalue weighted by Gasteiger charge is 2.12. The van der Waals surface area contributed by atoms with Crippen LogP contribution >= 0.6 is 0 Å². The summed E-state index contributed by atoms with van der Waals surface area (Å²) in [6, 6.07) is 10.9. The number of benzene rings is 2. The van der Waals surface area contributed by atoms with Gasteiger partial charge in [-0.15, -0.1) is 0 Å². The van der Waals surface area contributed by atoms with Crippen LogP contribution in [-0.2, 0) is 14.3 Å². The van der Waals surface area contributed by atoms with Gasteiger partial charge in [0.1, 0.15) is 5.75 Å². The maximum absolute atomic E-state index is 11.8. The zero-order chi connectivity index (χ0) is 19.1. The number of hydrogen-bond donors (Lipinski definition) is 1. The zero-order valence-corrected chi connectivity index (χ0v) is 14.4. The van der Waals surface area contributed by atoms with Crippen molar-refractivity contribution < 1.29 is 24.0 Å². The first-order chi connectivity index (χ1) is 12.4. The van der Waals surface area contributed by atoms with Crippen LogP contribution in [0.3, 0.4) is 0 Å². The van der Waals surface area contributed by atoms with E-state index in [-0.39, 0.29) is 18.0 Å². The minimum atomic E-state index is -0.694. The average molecular weight is 358 g/mol. The Morgan fingerprint density at radius 1 is 1.12 bits per heavy atom. The van der Waals surface area contributed by atoms with Gasteiger partial charge < -0.3 is 14.8 Å². The van der Waals surface area contributed by atoms with Crippen molar-refractivity contribution in [2.45, 2.75) is 13.8 Å². The summed E-state index contributed by atoms with van der Waals surface area (Å²) >= 11 is 0. The molecule has 0 aliphatic rings. The summed E-state index contributed by atoms with van der Waals surface area (Å²) in [5.74, 6) is -0.728. The molecule has 0 saturated heterocycles. The summed E-state index contributed by atoms with van der Waals surface area (Å²) in [7, 11) is 0. The lowest BCUT2D eigenvalue weighted by Gasteiger charge is -2.10. The maximum Gasteiger partial charge on any atom is 0.344 e. The minimum Gasteiger partial charge on any atom is -0.482 e. The molecule has 0 heterocycles. The van der Waals surface area contributed by atoms with Crippen molar-refractivity contribution in [3.63, 3.8) is 0 Å². The molecule has 26 heavy (non-hydrogen) atoms. The number of rotatable bonds is 7. The number of non-ortho nitro benzene ring substituents is 1. The summed E-state index contributed by atoms with van der Waals surface area (Å²) < 4.78 is 10.2. The third-order valence-corrected chi connectivity index (χ3v) is 3.61. The number of nitrogens with one attached hydrogen (secondary N) is 1. The second-order valence-corrected chi connectivity index (χ2v) is 5.50. The van der Waals surface area contributed by atoms with Gasteiger partial charge in [0.25, 0.3) is 11.6 Å². The Balaban J connectivity index is 1.80. The zero-order valence-electron chi connectivity index (χ0n) is 14.4. The van der Waals surface area contributed by atoms with Gasteiger partial charge in [-0.05, 0) is 37.1 Å². The van der Waals surface area contributed by atoms with Gasteiger partial charge in [-0.25, -0.2) is 4.79 Å². The van der Waals surface area contributed by atoms with Crippen LogP contribution in [0.2, 0.25) is 0 Å². The molecule has 0 unspecified atom stereocenters. The van der Waals surface area contributed by atoms with Crippen molar-refractivity contribution in [1.82, 2.24) is 0 Å². The molecule has 0 bridgehead atoms. The lowest BCUT2D eigenvalue weighted by atomic mass is 10.1. The number of hydrogen-bond acceptors (Lipinski definition) is 6. The Morgan fingerprint density at radius 2 is 1.85 bits per heavy atom. The Hall–Kier alpha value is -3.42. The van der Waals surface area contributed by atoms with Crippen molar-refractivity contribution in [2.24, 2.45) is 0 Å². The number of carbonyl (C=O) groups is 2. The number of anilines is 1. The number of nitro benzene ring substituents is 1. The van der Waals surface area contributed by atoms with Crippen molar-refractivity contribution in [1.29, 1.82) is 0 Å². The van der Waals surface area contributed by atoms with Gasteiger partial charge >= 0.3 is 5.97 Å². The quantitative estimate of drug-likeness (QED) is 0.463. The molecule has 0 aliphatic carbocycles. The smallest absolute Gasteiger partial charge is 0.344 e. The highest BCUT2D eigenvalue weighted by Crippen LogP contribution is 2.20. The molecule has 2 rings (SSSR count). The lowest BCUT2D eigenvalue weighted by Crippen LogP contribution is -2.23. The number of aryl methyl sites for hydroxylation is 1. The van der Waals surface area contributed by atoms with Gasteiger partial charge in [0.15, 0.2) is 13.2 Å². The largest absolute Gasteiger partial charge is 0.482 e. The number of ether oxygens (including phenoxy) is 2. The molecule has 8 nitrogen and oxygen atoms in total. The number of esters is 1. The topological polar surface area (TPSA) is 108 Å².